The summed E-state index contributed by atoms with van der Waals surface area (Å²) in [6.07, 6.45) is 5.93. The predicted octanol–water partition coefficient (Wildman–Crippen LogP) is 5.51. The highest BCUT2D eigenvalue weighted by Gasteiger charge is 2.28. The first-order valence-electron chi connectivity index (χ1n) is 11.3. The number of rotatable bonds is 8. The van der Waals surface area contributed by atoms with Crippen molar-refractivity contribution in [2.45, 2.75) is 57.5 Å². The smallest absolute Gasteiger partial charge is 0.262 e. The monoisotopic (exact) mass is 469 g/mol. The maximum Gasteiger partial charge on any atom is 0.262 e. The molecule has 4 rings (SSSR count). The van der Waals surface area contributed by atoms with Crippen molar-refractivity contribution in [3.8, 4) is 0 Å². The van der Waals surface area contributed by atoms with E-state index in [0.29, 0.717) is 23.1 Å². The fourth-order valence-corrected chi connectivity index (χ4v) is 5.06. The van der Waals surface area contributed by atoms with Gasteiger partial charge in [-0.3, -0.25) is 14.2 Å². The molecule has 1 amide bonds. The Labute approximate surface area is 198 Å². The number of nitrogens with one attached hydrogen (secondary N) is 1. The molecule has 2 aromatic carbocycles. The van der Waals surface area contributed by atoms with Crippen molar-refractivity contribution >= 4 is 40.6 Å². The number of fused-ring (bicyclic) bond motifs is 1. The molecule has 1 aromatic heterocycles. The zero-order valence-corrected chi connectivity index (χ0v) is 19.6. The molecule has 3 aromatic rings. The first-order chi connectivity index (χ1) is 15.5. The third kappa shape index (κ3) is 5.13. The molecule has 0 aliphatic carbocycles. The van der Waals surface area contributed by atoms with Crippen molar-refractivity contribution in [2.75, 3.05) is 6.54 Å². The van der Waals surface area contributed by atoms with Crippen LogP contribution in [0.1, 0.15) is 44.1 Å². The molecule has 2 heterocycles. The molecular weight excluding hydrogens is 442 g/mol. The number of aromatic amines is 1. The van der Waals surface area contributed by atoms with E-state index in [2.05, 4.69) is 4.98 Å². The molecule has 1 fully saturated rings. The molecule has 32 heavy (non-hydrogen) atoms. The zero-order valence-electron chi connectivity index (χ0n) is 18.1. The second-order valence-corrected chi connectivity index (χ2v) is 9.22. The van der Waals surface area contributed by atoms with E-state index >= 15 is 0 Å². The Morgan fingerprint density at radius 2 is 1.88 bits per heavy atom. The standard InChI is InChI=1S/C25H28ClN3O2S/c26-21-12-5-3-9-18(21)17-19-10-8-16-28(19)23(30)14-2-1-7-15-29-24(31)20-11-4-6-13-22(20)27-25(29)32/h3-6,9,11-13,19H,1-2,7-8,10,14-17H2,(H,27,32). The van der Waals surface area contributed by atoms with Crippen LogP contribution in [0.25, 0.3) is 10.9 Å². The molecule has 0 bridgehead atoms. The van der Waals surface area contributed by atoms with Crippen LogP contribution in [0.15, 0.2) is 53.3 Å². The van der Waals surface area contributed by atoms with E-state index in [4.69, 9.17) is 23.8 Å². The van der Waals surface area contributed by atoms with Crippen LogP contribution in [0, 0.1) is 4.77 Å². The van der Waals surface area contributed by atoms with Crippen LogP contribution < -0.4 is 5.56 Å². The number of halogens is 1. The number of nitrogens with zero attached hydrogens (tertiary/aromatic N) is 2. The molecule has 0 radical (unpaired) electrons. The van der Waals surface area contributed by atoms with Crippen molar-refractivity contribution in [3.63, 3.8) is 0 Å². The van der Waals surface area contributed by atoms with Gasteiger partial charge >= 0.3 is 0 Å². The van der Waals surface area contributed by atoms with E-state index in [1.165, 1.54) is 0 Å². The van der Waals surface area contributed by atoms with Gasteiger partial charge in [0.1, 0.15) is 0 Å². The molecule has 1 N–H and O–H groups in total. The summed E-state index contributed by atoms with van der Waals surface area (Å²) < 4.78 is 2.07. The van der Waals surface area contributed by atoms with E-state index < -0.39 is 0 Å². The minimum Gasteiger partial charge on any atom is -0.339 e. The number of carbonyl (C=O) groups is 1. The molecule has 1 aliphatic rings. The van der Waals surface area contributed by atoms with Gasteiger partial charge in [0.2, 0.25) is 5.91 Å². The summed E-state index contributed by atoms with van der Waals surface area (Å²) in [6.45, 7) is 1.39. The number of likely N-dealkylation sites (tertiary alicyclic amines) is 1. The zero-order chi connectivity index (χ0) is 22.5. The number of H-pyrrole nitrogens is 1. The number of carbonyl (C=O) groups excluding carboxylic acids is 1. The summed E-state index contributed by atoms with van der Waals surface area (Å²) in [6, 6.07) is 15.5. The normalized spacial score (nSPS) is 16.0. The molecule has 5 nitrogen and oxygen atoms in total. The van der Waals surface area contributed by atoms with Gasteiger partial charge in [-0.1, -0.05) is 48.4 Å². The topological polar surface area (TPSA) is 58.1 Å². The summed E-state index contributed by atoms with van der Waals surface area (Å²) in [5.41, 5.74) is 1.82. The van der Waals surface area contributed by atoms with Crippen molar-refractivity contribution < 1.29 is 4.79 Å². The Bertz CT molecular complexity index is 1220. The largest absolute Gasteiger partial charge is 0.339 e. The fraction of sp³-hybridized carbons (Fsp3) is 0.400. The average Bonchev–Trinajstić information content (AvgIpc) is 3.25. The molecule has 0 spiro atoms. The summed E-state index contributed by atoms with van der Waals surface area (Å²) in [4.78, 5) is 30.7. The molecule has 1 unspecified atom stereocenters. The molecular formula is C25H28ClN3O2S. The lowest BCUT2D eigenvalue weighted by Gasteiger charge is -2.25. The minimum atomic E-state index is -0.0556. The Kier molecular flexibility index (Phi) is 7.43. The van der Waals surface area contributed by atoms with Crippen molar-refractivity contribution in [3.05, 3.63) is 74.2 Å². The quantitative estimate of drug-likeness (QED) is 0.349. The highest BCUT2D eigenvalue weighted by Crippen LogP contribution is 2.25. The van der Waals surface area contributed by atoms with Crippen LogP contribution in [0.4, 0.5) is 0 Å². The van der Waals surface area contributed by atoms with E-state index in [1.54, 1.807) is 4.57 Å². The molecule has 0 saturated carbocycles. The molecule has 1 aliphatic heterocycles. The van der Waals surface area contributed by atoms with Gasteiger partial charge in [-0.2, -0.15) is 0 Å². The van der Waals surface area contributed by atoms with E-state index in [-0.39, 0.29) is 17.5 Å². The fourth-order valence-electron chi connectivity index (χ4n) is 4.56. The molecule has 1 saturated heterocycles. The molecule has 168 valence electrons. The van der Waals surface area contributed by atoms with Crippen molar-refractivity contribution in [1.29, 1.82) is 0 Å². The average molecular weight is 470 g/mol. The third-order valence-electron chi connectivity index (χ3n) is 6.27. The van der Waals surface area contributed by atoms with Gasteiger partial charge in [0.25, 0.3) is 5.56 Å². The van der Waals surface area contributed by atoms with Crippen LogP contribution in [-0.4, -0.2) is 32.9 Å². The summed E-state index contributed by atoms with van der Waals surface area (Å²) in [5, 5.41) is 1.42. The van der Waals surface area contributed by atoms with Gasteiger partial charge in [0, 0.05) is 30.6 Å². The highest BCUT2D eigenvalue weighted by molar-refractivity contribution is 7.71. The minimum absolute atomic E-state index is 0.0556. The summed E-state index contributed by atoms with van der Waals surface area (Å²) in [5.74, 6) is 0.222. The van der Waals surface area contributed by atoms with E-state index in [9.17, 15) is 9.59 Å². The number of hydrogen-bond donors (Lipinski definition) is 1. The number of amides is 1. The van der Waals surface area contributed by atoms with E-state index in [0.717, 1.165) is 61.2 Å². The van der Waals surface area contributed by atoms with Crippen molar-refractivity contribution in [2.24, 2.45) is 0 Å². The van der Waals surface area contributed by atoms with Crippen LogP contribution in [-0.2, 0) is 17.8 Å². The van der Waals surface area contributed by atoms with Crippen LogP contribution in [0.5, 0.6) is 0 Å². The number of unbranched alkanes of at least 4 members (excludes halogenated alkanes) is 2. The lowest BCUT2D eigenvalue weighted by Crippen LogP contribution is -2.36. The lowest BCUT2D eigenvalue weighted by molar-refractivity contribution is -0.132. The Morgan fingerprint density at radius 3 is 2.72 bits per heavy atom. The van der Waals surface area contributed by atoms with Crippen molar-refractivity contribution in [1.82, 2.24) is 14.5 Å². The maximum absolute atomic E-state index is 12.8. The maximum atomic E-state index is 12.8. The SMILES string of the molecule is O=C(CCCCCn1c(=S)[nH]c2ccccc2c1=O)N1CCCC1Cc1ccccc1Cl. The predicted molar refractivity (Wildman–Crippen MR) is 132 cm³/mol. The van der Waals surface area contributed by atoms with Gasteiger partial charge in [-0.25, -0.2) is 0 Å². The van der Waals surface area contributed by atoms with Gasteiger partial charge in [-0.05, 0) is 68.1 Å². The Balaban J connectivity index is 1.27. The molecule has 1 atom stereocenters. The van der Waals surface area contributed by atoms with Gasteiger partial charge in [-0.15, -0.1) is 0 Å². The lowest BCUT2D eigenvalue weighted by atomic mass is 10.0. The van der Waals surface area contributed by atoms with Gasteiger partial charge in [0.15, 0.2) is 4.77 Å². The number of benzene rings is 2. The van der Waals surface area contributed by atoms with Crippen LogP contribution in [0.2, 0.25) is 5.02 Å². The summed E-state index contributed by atoms with van der Waals surface area (Å²) in [7, 11) is 0. The Hall–Kier alpha value is -2.44. The van der Waals surface area contributed by atoms with E-state index in [1.807, 2.05) is 53.4 Å². The van der Waals surface area contributed by atoms with Gasteiger partial charge < -0.3 is 9.88 Å². The number of aromatic nitrogens is 2. The summed E-state index contributed by atoms with van der Waals surface area (Å²) >= 11 is 11.7. The highest BCUT2D eigenvalue weighted by atomic mass is 35.5. The van der Waals surface area contributed by atoms with Gasteiger partial charge in [0.05, 0.1) is 10.9 Å². The van der Waals surface area contributed by atoms with Crippen LogP contribution in [0.3, 0.4) is 0 Å². The molecule has 7 heteroatoms. The van der Waals surface area contributed by atoms with Crippen LogP contribution >= 0.6 is 23.8 Å². The number of hydrogen-bond acceptors (Lipinski definition) is 3. The number of para-hydroxylation sites is 1. The first kappa shape index (κ1) is 22.7. The second-order valence-electron chi connectivity index (χ2n) is 8.42. The first-order valence-corrected chi connectivity index (χ1v) is 12.1. The third-order valence-corrected chi connectivity index (χ3v) is 6.96. The second kappa shape index (κ2) is 10.5. The Morgan fingerprint density at radius 1 is 1.09 bits per heavy atom.